The minimum Gasteiger partial charge on any atom is -0.313 e. The van der Waals surface area contributed by atoms with E-state index in [0.717, 1.165) is 32.2 Å². The molecule has 19 heavy (non-hydrogen) atoms. The average Bonchev–Trinajstić information content (AvgIpc) is 2.37. The summed E-state index contributed by atoms with van der Waals surface area (Å²) in [5.74, 6) is 1.64. The van der Waals surface area contributed by atoms with Gasteiger partial charge in [0.1, 0.15) is 5.78 Å². The number of ketones is 1. The molecule has 2 bridgehead atoms. The van der Waals surface area contributed by atoms with Gasteiger partial charge in [0.15, 0.2) is 0 Å². The van der Waals surface area contributed by atoms with Crippen LogP contribution in [0.1, 0.15) is 37.3 Å². The van der Waals surface area contributed by atoms with E-state index < -0.39 is 0 Å². The zero-order valence-corrected chi connectivity index (χ0v) is 11.5. The summed E-state index contributed by atoms with van der Waals surface area (Å²) in [4.78, 5) is 12.2. The zero-order chi connectivity index (χ0) is 13.0. The molecule has 2 aliphatic carbocycles. The molecule has 0 spiro atoms. The van der Waals surface area contributed by atoms with Crippen LogP contribution in [0.15, 0.2) is 24.3 Å². The third-order valence-electron chi connectivity index (χ3n) is 5.72. The molecule has 2 nitrogen and oxygen atoms in total. The Morgan fingerprint density at radius 3 is 3.00 bits per heavy atom. The van der Waals surface area contributed by atoms with E-state index in [1.807, 2.05) is 0 Å². The van der Waals surface area contributed by atoms with E-state index in [0.29, 0.717) is 23.7 Å². The van der Waals surface area contributed by atoms with Gasteiger partial charge in [-0.2, -0.15) is 0 Å². The summed E-state index contributed by atoms with van der Waals surface area (Å²) in [5, 5.41) is 3.72. The summed E-state index contributed by atoms with van der Waals surface area (Å²) >= 11 is 0. The Labute approximate surface area is 114 Å². The topological polar surface area (TPSA) is 29.1 Å². The van der Waals surface area contributed by atoms with E-state index in [9.17, 15) is 4.79 Å². The van der Waals surface area contributed by atoms with Crippen molar-refractivity contribution in [2.75, 3.05) is 6.54 Å². The number of Topliss-reactive ketones (excluding diaryl/α,β-unsaturated/α-hetero) is 1. The third kappa shape index (κ3) is 1.50. The lowest BCUT2D eigenvalue weighted by molar-refractivity contribution is -0.127. The fraction of sp³-hybridized carbons (Fsp3) is 0.588. The van der Waals surface area contributed by atoms with E-state index >= 15 is 0 Å². The number of carbonyl (C=O) groups excluding carboxylic acids is 1. The lowest BCUT2D eigenvalue weighted by atomic mass is 9.50. The van der Waals surface area contributed by atoms with Crippen molar-refractivity contribution in [1.29, 1.82) is 0 Å². The number of nitrogens with one attached hydrogen (secondary N) is 1. The van der Waals surface area contributed by atoms with Gasteiger partial charge in [0, 0.05) is 24.3 Å². The maximum Gasteiger partial charge on any atom is 0.134 e. The number of hydrogen-bond donors (Lipinski definition) is 1. The van der Waals surface area contributed by atoms with Gasteiger partial charge in [-0.1, -0.05) is 31.2 Å². The van der Waals surface area contributed by atoms with Gasteiger partial charge in [0.05, 0.1) is 0 Å². The van der Waals surface area contributed by atoms with Gasteiger partial charge in [-0.3, -0.25) is 4.79 Å². The highest BCUT2D eigenvalue weighted by Gasteiger charge is 2.55. The molecule has 1 aliphatic heterocycles. The molecule has 100 valence electrons. The first-order chi connectivity index (χ1) is 9.21. The summed E-state index contributed by atoms with van der Waals surface area (Å²) in [7, 11) is 0. The van der Waals surface area contributed by atoms with E-state index in [1.165, 1.54) is 11.1 Å². The van der Waals surface area contributed by atoms with Crippen molar-refractivity contribution in [2.24, 2.45) is 11.8 Å². The van der Waals surface area contributed by atoms with Gasteiger partial charge in [0.25, 0.3) is 0 Å². The van der Waals surface area contributed by atoms with Crippen LogP contribution in [0, 0.1) is 11.8 Å². The van der Waals surface area contributed by atoms with Crippen molar-refractivity contribution in [3.05, 3.63) is 35.4 Å². The maximum absolute atomic E-state index is 12.2. The summed E-state index contributed by atoms with van der Waals surface area (Å²) in [6.45, 7) is 3.35. The molecule has 1 N–H and O–H groups in total. The molecular formula is C17H21NO. The molecule has 3 aliphatic rings. The molecule has 1 saturated carbocycles. The molecule has 1 saturated heterocycles. The minimum absolute atomic E-state index is 0.138. The molecule has 4 atom stereocenters. The molecule has 4 rings (SSSR count). The zero-order valence-electron chi connectivity index (χ0n) is 11.5. The Kier molecular flexibility index (Phi) is 2.41. The molecule has 1 heterocycles. The first kappa shape index (κ1) is 11.7. The minimum atomic E-state index is 0.138. The summed E-state index contributed by atoms with van der Waals surface area (Å²) < 4.78 is 0. The fourth-order valence-corrected chi connectivity index (χ4v) is 5.25. The predicted octanol–water partition coefficient (Wildman–Crippen LogP) is 2.46. The van der Waals surface area contributed by atoms with E-state index in [2.05, 4.69) is 36.5 Å². The number of hydrogen-bond acceptors (Lipinski definition) is 2. The molecular weight excluding hydrogens is 234 g/mol. The molecule has 2 fully saturated rings. The second-order valence-electron chi connectivity index (χ2n) is 6.75. The standard InChI is InChI=1S/C17H21NO/c1-11-8-13(19)10-17-6-7-18-15(16(11)17)9-12-4-2-3-5-14(12)17/h2-5,11,15-16,18H,6-10H2,1H3/t11?,15-,16+,17-/m1/s1. The second-order valence-corrected chi connectivity index (χ2v) is 6.75. The molecule has 0 radical (unpaired) electrons. The van der Waals surface area contributed by atoms with Crippen LogP contribution in [0.25, 0.3) is 0 Å². The molecule has 1 aromatic rings. The van der Waals surface area contributed by atoms with Crippen molar-refractivity contribution in [3.8, 4) is 0 Å². The van der Waals surface area contributed by atoms with Crippen molar-refractivity contribution >= 4 is 5.78 Å². The van der Waals surface area contributed by atoms with Crippen LogP contribution in [0.4, 0.5) is 0 Å². The summed E-state index contributed by atoms with van der Waals surface area (Å²) in [5.41, 5.74) is 3.09. The molecule has 1 aromatic carbocycles. The van der Waals surface area contributed by atoms with Gasteiger partial charge in [0.2, 0.25) is 0 Å². The maximum atomic E-state index is 12.2. The number of benzene rings is 1. The van der Waals surface area contributed by atoms with Crippen LogP contribution in [-0.2, 0) is 16.6 Å². The Bertz CT molecular complexity index is 538. The van der Waals surface area contributed by atoms with Crippen molar-refractivity contribution in [1.82, 2.24) is 5.32 Å². The first-order valence-corrected chi connectivity index (χ1v) is 7.54. The van der Waals surface area contributed by atoms with E-state index in [4.69, 9.17) is 0 Å². The SMILES string of the molecule is CC1CC(=O)C[C@]23CCN[C@H](Cc4ccccc42)[C@H]13. The van der Waals surface area contributed by atoms with Crippen LogP contribution < -0.4 is 5.32 Å². The van der Waals surface area contributed by atoms with Crippen molar-refractivity contribution in [3.63, 3.8) is 0 Å². The van der Waals surface area contributed by atoms with Gasteiger partial charge in [-0.05, 0) is 42.3 Å². The fourth-order valence-electron chi connectivity index (χ4n) is 5.25. The van der Waals surface area contributed by atoms with Gasteiger partial charge in [-0.25, -0.2) is 0 Å². The lowest BCUT2D eigenvalue weighted by Crippen LogP contribution is -2.62. The predicted molar refractivity (Wildman–Crippen MR) is 75.1 cm³/mol. The molecule has 1 unspecified atom stereocenters. The molecule has 0 amide bonds. The van der Waals surface area contributed by atoms with Crippen LogP contribution in [-0.4, -0.2) is 18.4 Å². The Balaban J connectivity index is 1.93. The summed E-state index contributed by atoms with van der Waals surface area (Å²) in [6.07, 6.45) is 3.83. The highest BCUT2D eigenvalue weighted by atomic mass is 16.1. The van der Waals surface area contributed by atoms with Crippen LogP contribution in [0.3, 0.4) is 0 Å². The Hall–Kier alpha value is -1.15. The monoisotopic (exact) mass is 255 g/mol. The number of rotatable bonds is 0. The first-order valence-electron chi connectivity index (χ1n) is 7.54. The van der Waals surface area contributed by atoms with Crippen molar-refractivity contribution in [2.45, 2.75) is 44.1 Å². The van der Waals surface area contributed by atoms with Crippen LogP contribution in [0.5, 0.6) is 0 Å². The third-order valence-corrected chi connectivity index (χ3v) is 5.72. The van der Waals surface area contributed by atoms with Crippen LogP contribution in [0.2, 0.25) is 0 Å². The number of fused-ring (bicyclic) bond motifs is 1. The summed E-state index contributed by atoms with van der Waals surface area (Å²) in [6, 6.07) is 9.41. The largest absolute Gasteiger partial charge is 0.313 e. The molecule has 0 aromatic heterocycles. The van der Waals surface area contributed by atoms with Crippen LogP contribution >= 0.6 is 0 Å². The highest BCUT2D eigenvalue weighted by Crippen LogP contribution is 2.54. The Morgan fingerprint density at radius 2 is 2.11 bits per heavy atom. The molecule has 2 heteroatoms. The van der Waals surface area contributed by atoms with Crippen molar-refractivity contribution < 1.29 is 4.79 Å². The normalized spacial score (nSPS) is 40.5. The van der Waals surface area contributed by atoms with Gasteiger partial charge in [-0.15, -0.1) is 0 Å². The number of piperidine rings is 1. The number of carbonyl (C=O) groups is 1. The quantitative estimate of drug-likeness (QED) is 0.771. The second kappa shape index (κ2) is 3.92. The van der Waals surface area contributed by atoms with E-state index in [-0.39, 0.29) is 5.41 Å². The lowest BCUT2D eigenvalue weighted by Gasteiger charge is -2.57. The highest BCUT2D eigenvalue weighted by molar-refractivity contribution is 5.82. The van der Waals surface area contributed by atoms with Gasteiger partial charge >= 0.3 is 0 Å². The Morgan fingerprint density at radius 1 is 1.26 bits per heavy atom. The van der Waals surface area contributed by atoms with Gasteiger partial charge < -0.3 is 5.32 Å². The van der Waals surface area contributed by atoms with E-state index in [1.54, 1.807) is 0 Å². The average molecular weight is 255 g/mol. The smallest absolute Gasteiger partial charge is 0.134 e.